The van der Waals surface area contributed by atoms with Gasteiger partial charge in [-0.15, -0.1) is 0 Å². The molecule has 0 amide bonds. The Balaban J connectivity index is 2.13. The van der Waals surface area contributed by atoms with Crippen LogP contribution in [0.1, 0.15) is 58.8 Å². The largest absolute Gasteiger partial charge is 0.382 e. The maximum absolute atomic E-state index is 11.9. The van der Waals surface area contributed by atoms with Crippen molar-refractivity contribution in [2.75, 3.05) is 13.2 Å². The van der Waals surface area contributed by atoms with Crippen molar-refractivity contribution in [3.8, 4) is 0 Å². The van der Waals surface area contributed by atoms with Crippen LogP contribution in [0.15, 0.2) is 0 Å². The molecule has 0 aromatic carbocycles. The summed E-state index contributed by atoms with van der Waals surface area (Å²) in [5.74, 6) is 1.73. The molecule has 0 saturated heterocycles. The normalized spacial score (nSPS) is 25.6. The zero-order valence-corrected chi connectivity index (χ0v) is 10.8. The molecule has 1 aliphatic rings. The molecule has 0 aromatic rings. The smallest absolute Gasteiger partial charge is 0.136 e. The van der Waals surface area contributed by atoms with Gasteiger partial charge in [0, 0.05) is 25.6 Å². The maximum atomic E-state index is 11.9. The molecule has 0 aliphatic heterocycles. The van der Waals surface area contributed by atoms with Gasteiger partial charge in [0.1, 0.15) is 5.78 Å². The number of ketones is 1. The molecule has 1 fully saturated rings. The van der Waals surface area contributed by atoms with Crippen LogP contribution in [-0.2, 0) is 9.53 Å². The van der Waals surface area contributed by atoms with Gasteiger partial charge in [-0.05, 0) is 44.9 Å². The van der Waals surface area contributed by atoms with E-state index in [-0.39, 0.29) is 0 Å². The van der Waals surface area contributed by atoms with Crippen LogP contribution in [0.2, 0.25) is 0 Å². The van der Waals surface area contributed by atoms with E-state index < -0.39 is 0 Å². The number of ether oxygens (including phenoxy) is 1. The van der Waals surface area contributed by atoms with Gasteiger partial charge in [0.2, 0.25) is 0 Å². The van der Waals surface area contributed by atoms with E-state index >= 15 is 0 Å². The van der Waals surface area contributed by atoms with Crippen LogP contribution in [0.5, 0.6) is 0 Å². The van der Waals surface area contributed by atoms with Crippen molar-refractivity contribution >= 4 is 5.78 Å². The fourth-order valence-corrected chi connectivity index (χ4v) is 2.59. The molecule has 1 saturated carbocycles. The summed E-state index contributed by atoms with van der Waals surface area (Å²) in [5, 5.41) is 0. The Hall–Kier alpha value is -0.370. The van der Waals surface area contributed by atoms with Crippen molar-refractivity contribution in [3.63, 3.8) is 0 Å². The summed E-state index contributed by atoms with van der Waals surface area (Å²) in [7, 11) is 0. The van der Waals surface area contributed by atoms with Gasteiger partial charge in [0.15, 0.2) is 0 Å². The standard InChI is InChI=1S/C14H26O2/c1-3-12-7-9-13(10-8-12)14(15)6-5-11-16-4-2/h12-13H,3-11H2,1-2H3. The average Bonchev–Trinajstić information content (AvgIpc) is 2.34. The summed E-state index contributed by atoms with van der Waals surface area (Å²) >= 11 is 0. The Labute approximate surface area is 99.8 Å². The number of hydrogen-bond donors (Lipinski definition) is 0. The van der Waals surface area contributed by atoms with Gasteiger partial charge in [-0.1, -0.05) is 13.3 Å². The van der Waals surface area contributed by atoms with Crippen LogP contribution in [0, 0.1) is 11.8 Å². The first-order valence-electron chi connectivity index (χ1n) is 6.88. The minimum absolute atomic E-state index is 0.365. The average molecular weight is 226 g/mol. The van der Waals surface area contributed by atoms with Gasteiger partial charge in [-0.25, -0.2) is 0 Å². The predicted molar refractivity (Wildman–Crippen MR) is 66.5 cm³/mol. The van der Waals surface area contributed by atoms with E-state index in [1.807, 2.05) is 6.92 Å². The SMILES string of the molecule is CCOCCCC(=O)C1CCC(CC)CC1. The minimum atomic E-state index is 0.365. The van der Waals surface area contributed by atoms with Gasteiger partial charge in [0.25, 0.3) is 0 Å². The molecular weight excluding hydrogens is 200 g/mol. The molecule has 2 heteroatoms. The summed E-state index contributed by atoms with van der Waals surface area (Å²) in [6, 6.07) is 0. The number of Topliss-reactive ketones (excluding diaryl/α,β-unsaturated/α-hetero) is 1. The monoisotopic (exact) mass is 226 g/mol. The zero-order valence-electron chi connectivity index (χ0n) is 10.8. The highest BCUT2D eigenvalue weighted by molar-refractivity contribution is 5.81. The highest BCUT2D eigenvalue weighted by Crippen LogP contribution is 2.31. The molecule has 94 valence electrons. The van der Waals surface area contributed by atoms with Gasteiger partial charge in [-0.2, -0.15) is 0 Å². The number of carbonyl (C=O) groups is 1. The highest BCUT2D eigenvalue weighted by Gasteiger charge is 2.24. The van der Waals surface area contributed by atoms with Gasteiger partial charge < -0.3 is 4.74 Å². The molecule has 0 heterocycles. The third-order valence-electron chi connectivity index (χ3n) is 3.80. The van der Waals surface area contributed by atoms with Crippen LogP contribution in [0.3, 0.4) is 0 Å². The third kappa shape index (κ3) is 4.65. The summed E-state index contributed by atoms with van der Waals surface area (Å²) in [6.07, 6.45) is 7.70. The van der Waals surface area contributed by atoms with Crippen molar-refractivity contribution in [2.45, 2.75) is 58.8 Å². The second-order valence-corrected chi connectivity index (χ2v) is 4.89. The van der Waals surface area contributed by atoms with E-state index in [0.29, 0.717) is 11.7 Å². The zero-order chi connectivity index (χ0) is 11.8. The second kappa shape index (κ2) is 7.83. The van der Waals surface area contributed by atoms with E-state index in [1.165, 1.54) is 19.3 Å². The molecular formula is C14H26O2. The summed E-state index contributed by atoms with van der Waals surface area (Å²) in [4.78, 5) is 11.9. The first-order valence-corrected chi connectivity index (χ1v) is 6.88. The van der Waals surface area contributed by atoms with Gasteiger partial charge in [-0.3, -0.25) is 4.79 Å². The molecule has 0 atom stereocenters. The Morgan fingerprint density at radius 1 is 1.19 bits per heavy atom. The van der Waals surface area contributed by atoms with Crippen LogP contribution >= 0.6 is 0 Å². The molecule has 0 spiro atoms. The molecule has 0 aromatic heterocycles. The summed E-state index contributed by atoms with van der Waals surface area (Å²) < 4.78 is 5.25. The highest BCUT2D eigenvalue weighted by atomic mass is 16.5. The Kier molecular flexibility index (Phi) is 6.70. The van der Waals surface area contributed by atoms with E-state index in [1.54, 1.807) is 0 Å². The lowest BCUT2D eigenvalue weighted by Crippen LogP contribution is -2.21. The van der Waals surface area contributed by atoms with Crippen LogP contribution in [0.4, 0.5) is 0 Å². The Morgan fingerprint density at radius 3 is 2.44 bits per heavy atom. The number of rotatable bonds is 7. The van der Waals surface area contributed by atoms with Crippen molar-refractivity contribution < 1.29 is 9.53 Å². The van der Waals surface area contributed by atoms with E-state index in [0.717, 1.165) is 44.8 Å². The summed E-state index contributed by atoms with van der Waals surface area (Å²) in [5.41, 5.74) is 0. The molecule has 16 heavy (non-hydrogen) atoms. The van der Waals surface area contributed by atoms with Crippen molar-refractivity contribution in [3.05, 3.63) is 0 Å². The first kappa shape index (κ1) is 13.7. The molecule has 0 unspecified atom stereocenters. The molecule has 0 radical (unpaired) electrons. The van der Waals surface area contributed by atoms with Crippen LogP contribution in [-0.4, -0.2) is 19.0 Å². The molecule has 0 bridgehead atoms. The fourth-order valence-electron chi connectivity index (χ4n) is 2.59. The second-order valence-electron chi connectivity index (χ2n) is 4.89. The van der Waals surface area contributed by atoms with Crippen LogP contribution in [0.25, 0.3) is 0 Å². The maximum Gasteiger partial charge on any atom is 0.136 e. The minimum Gasteiger partial charge on any atom is -0.382 e. The lowest BCUT2D eigenvalue weighted by atomic mass is 9.78. The molecule has 1 aliphatic carbocycles. The molecule has 2 nitrogen and oxygen atoms in total. The van der Waals surface area contributed by atoms with E-state index in [4.69, 9.17) is 4.74 Å². The Bertz CT molecular complexity index is 193. The number of carbonyl (C=O) groups excluding carboxylic acids is 1. The first-order chi connectivity index (χ1) is 7.77. The molecule has 1 rings (SSSR count). The van der Waals surface area contributed by atoms with Crippen molar-refractivity contribution in [1.29, 1.82) is 0 Å². The fraction of sp³-hybridized carbons (Fsp3) is 0.929. The Morgan fingerprint density at radius 2 is 1.88 bits per heavy atom. The van der Waals surface area contributed by atoms with Crippen molar-refractivity contribution in [1.82, 2.24) is 0 Å². The van der Waals surface area contributed by atoms with Gasteiger partial charge >= 0.3 is 0 Å². The predicted octanol–water partition coefficient (Wildman–Crippen LogP) is 3.59. The third-order valence-corrected chi connectivity index (χ3v) is 3.80. The topological polar surface area (TPSA) is 26.3 Å². The van der Waals surface area contributed by atoms with Crippen LogP contribution < -0.4 is 0 Å². The lowest BCUT2D eigenvalue weighted by Gasteiger charge is -2.26. The van der Waals surface area contributed by atoms with E-state index in [2.05, 4.69) is 6.92 Å². The molecule has 0 N–H and O–H groups in total. The quantitative estimate of drug-likeness (QED) is 0.620. The van der Waals surface area contributed by atoms with E-state index in [9.17, 15) is 4.79 Å². The van der Waals surface area contributed by atoms with Crippen molar-refractivity contribution in [2.24, 2.45) is 11.8 Å². The summed E-state index contributed by atoms with van der Waals surface area (Å²) in [6.45, 7) is 5.76. The lowest BCUT2D eigenvalue weighted by molar-refractivity contribution is -0.124. The van der Waals surface area contributed by atoms with Gasteiger partial charge in [0.05, 0.1) is 0 Å². The number of hydrogen-bond acceptors (Lipinski definition) is 2.